The van der Waals surface area contributed by atoms with Crippen LogP contribution in [0.3, 0.4) is 0 Å². The van der Waals surface area contributed by atoms with Crippen molar-refractivity contribution in [3.8, 4) is 0 Å². The lowest BCUT2D eigenvalue weighted by Gasteiger charge is -2.28. The van der Waals surface area contributed by atoms with E-state index < -0.39 is 53.8 Å². The van der Waals surface area contributed by atoms with E-state index in [1.165, 1.54) is 29.2 Å². The highest BCUT2D eigenvalue weighted by Gasteiger charge is 2.38. The summed E-state index contributed by atoms with van der Waals surface area (Å²) >= 11 is 1.46. The van der Waals surface area contributed by atoms with Gasteiger partial charge in [-0.05, 0) is 37.7 Å². The number of carbonyl (C=O) groups excluding carboxylic acids is 3. The van der Waals surface area contributed by atoms with Crippen molar-refractivity contribution in [2.75, 3.05) is 18.6 Å². The number of thioether (sulfide) groups is 1. The Morgan fingerprint density at radius 1 is 1.23 bits per heavy atom. The standard InChI is InChI=1S/C21H32N6O7S/c1-35-8-6-14(18(30)26-15(21(33)34)9-12-10-23-11-24-12)25-19(31)16-3-2-7-27(16)20(32)13(22)4-5-17(28)29/h10-11,13-16H,2-9,22H2,1H3,(H,23,24)(H,25,31)(H,26,30)(H,28,29)(H,33,34). The van der Waals surface area contributed by atoms with E-state index in [-0.39, 0.29) is 25.7 Å². The van der Waals surface area contributed by atoms with Gasteiger partial charge in [-0.3, -0.25) is 19.2 Å². The van der Waals surface area contributed by atoms with Crippen LogP contribution in [0.5, 0.6) is 0 Å². The van der Waals surface area contributed by atoms with Gasteiger partial charge in [0.25, 0.3) is 0 Å². The first-order valence-electron chi connectivity index (χ1n) is 11.2. The maximum Gasteiger partial charge on any atom is 0.326 e. The van der Waals surface area contributed by atoms with Crippen molar-refractivity contribution < 1.29 is 34.2 Å². The Balaban J connectivity index is 2.05. The van der Waals surface area contributed by atoms with Gasteiger partial charge in [0.1, 0.15) is 18.1 Å². The molecular formula is C21H32N6O7S. The van der Waals surface area contributed by atoms with E-state index in [9.17, 15) is 29.1 Å². The monoisotopic (exact) mass is 512 g/mol. The van der Waals surface area contributed by atoms with Crippen molar-refractivity contribution in [1.29, 1.82) is 0 Å². The molecule has 13 nitrogen and oxygen atoms in total. The fourth-order valence-electron chi connectivity index (χ4n) is 3.78. The number of carboxylic acid groups (broad SMARTS) is 2. The van der Waals surface area contributed by atoms with Gasteiger partial charge in [0.2, 0.25) is 17.7 Å². The maximum absolute atomic E-state index is 13.0. The molecule has 2 heterocycles. The number of nitrogens with zero attached hydrogens (tertiary/aromatic N) is 2. The molecule has 35 heavy (non-hydrogen) atoms. The van der Waals surface area contributed by atoms with E-state index in [1.807, 2.05) is 6.26 Å². The van der Waals surface area contributed by atoms with Gasteiger partial charge in [0.05, 0.1) is 12.4 Å². The fourth-order valence-corrected chi connectivity index (χ4v) is 4.25. The SMILES string of the molecule is CSCCC(NC(=O)C1CCCN1C(=O)C(N)CCC(=O)O)C(=O)NC(Cc1cnc[nH]1)C(=O)O. The van der Waals surface area contributed by atoms with Crippen molar-refractivity contribution in [2.45, 2.75) is 62.7 Å². The number of rotatable bonds is 14. The third-order valence-electron chi connectivity index (χ3n) is 5.66. The molecule has 2 rings (SSSR count). The van der Waals surface area contributed by atoms with E-state index in [4.69, 9.17) is 10.8 Å². The highest BCUT2D eigenvalue weighted by molar-refractivity contribution is 7.98. The molecule has 1 saturated heterocycles. The molecular weight excluding hydrogens is 480 g/mol. The second kappa shape index (κ2) is 13.7. The number of hydrogen-bond acceptors (Lipinski definition) is 8. The summed E-state index contributed by atoms with van der Waals surface area (Å²) in [7, 11) is 0. The number of imidazole rings is 1. The minimum absolute atomic E-state index is 0.0105. The molecule has 1 aliphatic rings. The summed E-state index contributed by atoms with van der Waals surface area (Å²) in [6.45, 7) is 0.296. The molecule has 0 radical (unpaired) electrons. The number of carboxylic acids is 2. The van der Waals surface area contributed by atoms with Crippen LogP contribution in [0, 0.1) is 0 Å². The van der Waals surface area contributed by atoms with E-state index in [1.54, 1.807) is 0 Å². The average Bonchev–Trinajstić information content (AvgIpc) is 3.51. The Bertz CT molecular complexity index is 897. The summed E-state index contributed by atoms with van der Waals surface area (Å²) in [5.74, 6) is -3.47. The summed E-state index contributed by atoms with van der Waals surface area (Å²) in [6.07, 6.45) is 5.56. The fraction of sp³-hybridized carbons (Fsp3) is 0.619. The maximum atomic E-state index is 13.0. The van der Waals surface area contributed by atoms with Crippen LogP contribution in [0.2, 0.25) is 0 Å². The quantitative estimate of drug-likeness (QED) is 0.178. The number of carbonyl (C=O) groups is 5. The van der Waals surface area contributed by atoms with Crippen LogP contribution in [0.25, 0.3) is 0 Å². The number of likely N-dealkylation sites (tertiary alicyclic amines) is 1. The Labute approximate surface area is 206 Å². The second-order valence-electron chi connectivity index (χ2n) is 8.25. The lowest BCUT2D eigenvalue weighted by molar-refractivity contribution is -0.143. The number of aliphatic carboxylic acids is 2. The van der Waals surface area contributed by atoms with Gasteiger partial charge in [-0.2, -0.15) is 11.8 Å². The van der Waals surface area contributed by atoms with Gasteiger partial charge in [-0.1, -0.05) is 0 Å². The molecule has 4 unspecified atom stereocenters. The predicted molar refractivity (Wildman–Crippen MR) is 126 cm³/mol. The number of aromatic amines is 1. The number of nitrogens with one attached hydrogen (secondary N) is 3. The molecule has 1 aromatic rings. The highest BCUT2D eigenvalue weighted by Crippen LogP contribution is 2.20. The number of amides is 3. The molecule has 3 amide bonds. The Morgan fingerprint density at radius 2 is 1.97 bits per heavy atom. The zero-order valence-corrected chi connectivity index (χ0v) is 20.3. The molecule has 1 fully saturated rings. The van der Waals surface area contributed by atoms with Gasteiger partial charge in [-0.15, -0.1) is 0 Å². The van der Waals surface area contributed by atoms with Crippen molar-refractivity contribution in [3.05, 3.63) is 18.2 Å². The largest absolute Gasteiger partial charge is 0.481 e. The summed E-state index contributed by atoms with van der Waals surface area (Å²) in [5.41, 5.74) is 6.38. The molecule has 14 heteroatoms. The molecule has 1 aliphatic heterocycles. The number of aromatic nitrogens is 2. The molecule has 1 aromatic heterocycles. The molecule has 0 saturated carbocycles. The first kappa shape index (κ1) is 28.1. The normalized spacial score (nSPS) is 17.9. The lowest BCUT2D eigenvalue weighted by Crippen LogP contribution is -2.57. The molecule has 7 N–H and O–H groups in total. The number of H-pyrrole nitrogens is 1. The van der Waals surface area contributed by atoms with E-state index >= 15 is 0 Å². The van der Waals surface area contributed by atoms with E-state index in [2.05, 4.69) is 20.6 Å². The number of nitrogens with two attached hydrogens (primary N) is 1. The highest BCUT2D eigenvalue weighted by atomic mass is 32.2. The van der Waals surface area contributed by atoms with Crippen LogP contribution in [-0.2, 0) is 30.4 Å². The van der Waals surface area contributed by atoms with Crippen molar-refractivity contribution in [3.63, 3.8) is 0 Å². The van der Waals surface area contributed by atoms with Crippen LogP contribution >= 0.6 is 11.8 Å². The van der Waals surface area contributed by atoms with Crippen molar-refractivity contribution in [1.82, 2.24) is 25.5 Å². The first-order valence-corrected chi connectivity index (χ1v) is 12.6. The van der Waals surface area contributed by atoms with Gasteiger partial charge < -0.3 is 36.5 Å². The van der Waals surface area contributed by atoms with Gasteiger partial charge in [-0.25, -0.2) is 9.78 Å². The van der Waals surface area contributed by atoms with Gasteiger partial charge >= 0.3 is 11.9 Å². The Kier molecular flexibility index (Phi) is 11.0. The van der Waals surface area contributed by atoms with Crippen LogP contribution in [0.15, 0.2) is 12.5 Å². The Hall–Kier alpha value is -3.13. The second-order valence-corrected chi connectivity index (χ2v) is 9.24. The zero-order valence-electron chi connectivity index (χ0n) is 19.4. The van der Waals surface area contributed by atoms with Gasteiger partial charge in [0.15, 0.2) is 0 Å². The molecule has 0 aliphatic carbocycles. The first-order chi connectivity index (χ1) is 16.6. The molecule has 0 aromatic carbocycles. The van der Waals surface area contributed by atoms with E-state index in [0.29, 0.717) is 30.8 Å². The third kappa shape index (κ3) is 8.55. The Morgan fingerprint density at radius 3 is 2.57 bits per heavy atom. The zero-order chi connectivity index (χ0) is 26.0. The topological polar surface area (TPSA) is 208 Å². The molecule has 194 valence electrons. The smallest absolute Gasteiger partial charge is 0.326 e. The van der Waals surface area contributed by atoms with Crippen molar-refractivity contribution >= 4 is 41.4 Å². The minimum Gasteiger partial charge on any atom is -0.481 e. The summed E-state index contributed by atoms with van der Waals surface area (Å²) in [6, 6.07) is -4.12. The minimum atomic E-state index is -1.23. The summed E-state index contributed by atoms with van der Waals surface area (Å²) < 4.78 is 0. The van der Waals surface area contributed by atoms with Crippen LogP contribution in [0.4, 0.5) is 0 Å². The van der Waals surface area contributed by atoms with E-state index in [0.717, 1.165) is 0 Å². The number of hydrogen-bond donors (Lipinski definition) is 6. The summed E-state index contributed by atoms with van der Waals surface area (Å²) in [5, 5.41) is 23.5. The third-order valence-corrected chi connectivity index (χ3v) is 6.31. The van der Waals surface area contributed by atoms with Crippen molar-refractivity contribution in [2.24, 2.45) is 5.73 Å². The van der Waals surface area contributed by atoms with Gasteiger partial charge in [0, 0.05) is 31.3 Å². The summed E-state index contributed by atoms with van der Waals surface area (Å²) in [4.78, 5) is 69.1. The molecule has 4 atom stereocenters. The predicted octanol–water partition coefficient (Wildman–Crippen LogP) is -1.06. The molecule has 0 bridgehead atoms. The molecule has 0 spiro atoms. The lowest BCUT2D eigenvalue weighted by atomic mass is 10.1. The van der Waals surface area contributed by atoms with Crippen LogP contribution < -0.4 is 16.4 Å². The average molecular weight is 513 g/mol. The van der Waals surface area contributed by atoms with Crippen LogP contribution in [-0.4, -0.2) is 97.5 Å². The van der Waals surface area contributed by atoms with Crippen LogP contribution in [0.1, 0.15) is 37.8 Å².